The third-order valence-electron chi connectivity index (χ3n) is 10.2. The second-order valence-corrected chi connectivity index (χ2v) is 13.0. The zero-order valence-corrected chi connectivity index (χ0v) is 24.6. The molecule has 2 aromatic carbocycles. The molecule has 3 amide bonds. The second kappa shape index (κ2) is 10.5. The number of hydrogen-bond donors (Lipinski definition) is 3. The number of hydrogen-bond acceptors (Lipinski definition) is 5. The highest BCUT2D eigenvalue weighted by molar-refractivity contribution is 6.06. The van der Waals surface area contributed by atoms with Crippen LogP contribution in [-0.4, -0.2) is 46.2 Å². The maximum atomic E-state index is 14.4. The van der Waals surface area contributed by atoms with Gasteiger partial charge in [-0.1, -0.05) is 37.8 Å². The van der Waals surface area contributed by atoms with E-state index in [1.165, 1.54) is 17.0 Å². The minimum atomic E-state index is -1.16. The van der Waals surface area contributed by atoms with Crippen LogP contribution >= 0.6 is 0 Å². The number of pyridine rings is 1. The van der Waals surface area contributed by atoms with E-state index < -0.39 is 34.0 Å². The van der Waals surface area contributed by atoms with Crippen molar-refractivity contribution in [2.45, 2.75) is 74.8 Å². The molecule has 0 bridgehead atoms. The molecule has 7 rings (SSSR count). The molecule has 0 radical (unpaired) electrons. The third kappa shape index (κ3) is 4.58. The lowest BCUT2D eigenvalue weighted by Crippen LogP contribution is -2.71. The molecule has 4 aliphatic rings. The summed E-state index contributed by atoms with van der Waals surface area (Å²) in [4.78, 5) is 46.8. The Balaban J connectivity index is 1.15. The van der Waals surface area contributed by atoms with Crippen molar-refractivity contribution in [3.63, 3.8) is 0 Å². The van der Waals surface area contributed by atoms with Gasteiger partial charge in [0.05, 0.1) is 16.5 Å². The van der Waals surface area contributed by atoms with Gasteiger partial charge in [0.1, 0.15) is 24.0 Å². The maximum Gasteiger partial charge on any atom is 0.244 e. The van der Waals surface area contributed by atoms with Gasteiger partial charge >= 0.3 is 0 Å². The van der Waals surface area contributed by atoms with Gasteiger partial charge in [-0.05, 0) is 79.6 Å². The molecule has 3 heterocycles. The number of nitrogens with one attached hydrogen (secondary N) is 3. The number of aromatic nitrogens is 1. The predicted molar refractivity (Wildman–Crippen MR) is 161 cm³/mol. The van der Waals surface area contributed by atoms with Crippen molar-refractivity contribution in [3.8, 4) is 0 Å². The van der Waals surface area contributed by atoms with E-state index in [-0.39, 0.29) is 24.9 Å². The van der Waals surface area contributed by atoms with Gasteiger partial charge in [-0.3, -0.25) is 14.4 Å². The Morgan fingerprint density at radius 3 is 2.45 bits per heavy atom. The van der Waals surface area contributed by atoms with Crippen LogP contribution in [0, 0.1) is 11.6 Å². The molecule has 2 atom stereocenters. The van der Waals surface area contributed by atoms with Crippen LogP contribution in [0.1, 0.15) is 67.7 Å². The summed E-state index contributed by atoms with van der Waals surface area (Å²) in [7, 11) is 0. The molecule has 2 aliphatic heterocycles. The Labute approximate surface area is 254 Å². The highest BCUT2D eigenvalue weighted by Crippen LogP contribution is 2.47. The van der Waals surface area contributed by atoms with E-state index in [2.05, 4.69) is 20.9 Å². The number of halogens is 2. The molecule has 8 nitrogen and oxygen atoms in total. The predicted octanol–water partition coefficient (Wildman–Crippen LogP) is 4.73. The number of benzene rings is 2. The Kier molecular flexibility index (Phi) is 6.80. The van der Waals surface area contributed by atoms with Gasteiger partial charge in [-0.2, -0.15) is 0 Å². The van der Waals surface area contributed by atoms with E-state index in [0.29, 0.717) is 42.8 Å². The number of amides is 3. The molecule has 1 aromatic heterocycles. The summed E-state index contributed by atoms with van der Waals surface area (Å²) < 4.78 is 28.8. The number of nitrogens with zero attached hydrogens (tertiary/aromatic N) is 2. The number of rotatable bonds is 4. The highest BCUT2D eigenvalue weighted by Gasteiger charge is 2.53. The molecule has 3 aromatic rings. The van der Waals surface area contributed by atoms with Crippen LogP contribution in [0.3, 0.4) is 0 Å². The number of fused-ring (bicyclic) bond motifs is 3. The summed E-state index contributed by atoms with van der Waals surface area (Å²) in [5.74, 6) is -1.59. The molecule has 0 unspecified atom stereocenters. The Morgan fingerprint density at radius 1 is 0.977 bits per heavy atom. The molecular weight excluding hydrogens is 564 g/mol. The lowest BCUT2D eigenvalue weighted by molar-refractivity contribution is -0.154. The first-order valence-electron chi connectivity index (χ1n) is 15.3. The molecule has 2 spiro atoms. The van der Waals surface area contributed by atoms with Gasteiger partial charge in [-0.25, -0.2) is 13.8 Å². The van der Waals surface area contributed by atoms with Crippen LogP contribution < -0.4 is 16.0 Å². The van der Waals surface area contributed by atoms with E-state index in [1.54, 1.807) is 19.2 Å². The molecule has 1 saturated carbocycles. The zero-order chi connectivity index (χ0) is 30.7. The Bertz CT molecular complexity index is 1670. The van der Waals surface area contributed by atoms with E-state index >= 15 is 0 Å². The van der Waals surface area contributed by atoms with Crippen LogP contribution in [-0.2, 0) is 38.2 Å². The lowest BCUT2D eigenvalue weighted by Gasteiger charge is -2.52. The SMILES string of the molecule is C[C@@]1(c2cc(F)cc(F)c2)CNC2(CCCCCC2)C(=O)N1CC(=O)Nc1ccc2c(c1)C[C@@]1(C2)C(=O)Nc2ncccc21. The first kappa shape index (κ1) is 28.6. The number of carbonyl (C=O) groups is 3. The summed E-state index contributed by atoms with van der Waals surface area (Å²) in [5, 5.41) is 9.32. The number of piperazine rings is 1. The second-order valence-electron chi connectivity index (χ2n) is 13.0. The fourth-order valence-corrected chi connectivity index (χ4v) is 7.78. The highest BCUT2D eigenvalue weighted by atomic mass is 19.1. The lowest BCUT2D eigenvalue weighted by atomic mass is 9.79. The van der Waals surface area contributed by atoms with Gasteiger partial charge in [0.2, 0.25) is 17.7 Å². The van der Waals surface area contributed by atoms with Gasteiger partial charge < -0.3 is 20.9 Å². The largest absolute Gasteiger partial charge is 0.325 e. The van der Waals surface area contributed by atoms with Crippen molar-refractivity contribution in [2.75, 3.05) is 23.7 Å². The van der Waals surface area contributed by atoms with Crippen molar-refractivity contribution >= 4 is 29.2 Å². The smallest absolute Gasteiger partial charge is 0.244 e. The molecule has 3 N–H and O–H groups in total. The zero-order valence-electron chi connectivity index (χ0n) is 24.6. The van der Waals surface area contributed by atoms with Gasteiger partial charge in [0, 0.05) is 30.1 Å². The average molecular weight is 600 g/mol. The minimum absolute atomic E-state index is 0.0780. The standard InChI is InChI=1S/C34H35F2N5O3/c1-32(23-14-24(35)16-25(36)15-23)20-38-34(10-4-2-3-5-11-34)31(44)41(32)19-28(42)39-26-9-8-21-17-33(18-22(21)13-26)27-7-6-12-37-29(27)40-30(33)43/h6-9,12-16,38H,2-5,10-11,17-20H2,1H3,(H,39,42)(H,37,40,43)/t32-,33+/m0/s1. The summed E-state index contributed by atoms with van der Waals surface area (Å²) in [6.07, 6.45) is 7.83. The minimum Gasteiger partial charge on any atom is -0.325 e. The van der Waals surface area contributed by atoms with Crippen molar-refractivity contribution in [3.05, 3.63) is 88.6 Å². The third-order valence-corrected chi connectivity index (χ3v) is 10.2. The van der Waals surface area contributed by atoms with E-state index in [9.17, 15) is 23.2 Å². The van der Waals surface area contributed by atoms with Crippen molar-refractivity contribution < 1.29 is 23.2 Å². The monoisotopic (exact) mass is 599 g/mol. The quantitative estimate of drug-likeness (QED) is 0.403. The van der Waals surface area contributed by atoms with Crippen molar-refractivity contribution in [2.24, 2.45) is 0 Å². The molecule has 44 heavy (non-hydrogen) atoms. The van der Waals surface area contributed by atoms with E-state index in [0.717, 1.165) is 48.4 Å². The van der Waals surface area contributed by atoms with Crippen LogP contribution in [0.5, 0.6) is 0 Å². The van der Waals surface area contributed by atoms with Crippen LogP contribution in [0.2, 0.25) is 0 Å². The van der Waals surface area contributed by atoms with Crippen molar-refractivity contribution in [1.82, 2.24) is 15.2 Å². The molecule has 10 heteroatoms. The summed E-state index contributed by atoms with van der Waals surface area (Å²) in [6, 6.07) is 12.7. The topological polar surface area (TPSA) is 103 Å². The molecule has 2 fully saturated rings. The van der Waals surface area contributed by atoms with Crippen molar-refractivity contribution in [1.29, 1.82) is 0 Å². The number of carbonyl (C=O) groups excluding carboxylic acids is 3. The van der Waals surface area contributed by atoms with Crippen LogP contribution in [0.25, 0.3) is 0 Å². The van der Waals surface area contributed by atoms with Gasteiger partial charge in [0.25, 0.3) is 0 Å². The van der Waals surface area contributed by atoms with Gasteiger partial charge in [0.15, 0.2) is 0 Å². The van der Waals surface area contributed by atoms with E-state index in [4.69, 9.17) is 0 Å². The first-order chi connectivity index (χ1) is 21.1. The fourth-order valence-electron chi connectivity index (χ4n) is 7.78. The van der Waals surface area contributed by atoms with Crippen LogP contribution in [0.4, 0.5) is 20.3 Å². The summed E-state index contributed by atoms with van der Waals surface area (Å²) >= 11 is 0. The molecule has 228 valence electrons. The average Bonchev–Trinajstić information content (AvgIpc) is 3.39. The fraction of sp³-hybridized carbons (Fsp3) is 0.412. The van der Waals surface area contributed by atoms with E-state index in [1.807, 2.05) is 24.3 Å². The summed E-state index contributed by atoms with van der Waals surface area (Å²) in [5.41, 5.74) is 1.03. The van der Waals surface area contributed by atoms with Gasteiger partial charge in [-0.15, -0.1) is 0 Å². The first-order valence-corrected chi connectivity index (χ1v) is 15.3. The molecule has 1 saturated heterocycles. The Morgan fingerprint density at radius 2 is 1.70 bits per heavy atom. The normalized spacial score (nSPS) is 25.5. The van der Waals surface area contributed by atoms with Crippen LogP contribution in [0.15, 0.2) is 54.7 Å². The number of anilines is 2. The Hall–Kier alpha value is -4.18. The molecular formula is C34H35F2N5O3. The molecule has 2 aliphatic carbocycles. The summed E-state index contributed by atoms with van der Waals surface area (Å²) in [6.45, 7) is 1.73. The maximum absolute atomic E-state index is 14.4.